The molecule has 2 aliphatic carbocycles. The minimum absolute atomic E-state index is 0.0166. The lowest BCUT2D eigenvalue weighted by Gasteiger charge is -2.43. The summed E-state index contributed by atoms with van der Waals surface area (Å²) < 4.78 is 0. The van der Waals surface area contributed by atoms with Gasteiger partial charge in [-0.05, 0) is 94.6 Å². The van der Waals surface area contributed by atoms with Gasteiger partial charge in [-0.3, -0.25) is 0 Å². The predicted molar refractivity (Wildman–Crippen MR) is 237 cm³/mol. The van der Waals surface area contributed by atoms with Crippen LogP contribution in [0.15, 0.2) is 224 Å². The molecule has 2 aliphatic rings. The topological polar surface area (TPSA) is 0 Å². The van der Waals surface area contributed by atoms with Crippen molar-refractivity contribution >= 4 is 0 Å². The van der Waals surface area contributed by atoms with Gasteiger partial charge in [0.2, 0.25) is 0 Å². The third-order valence-electron chi connectivity index (χ3n) is 12.4. The Hall–Kier alpha value is -7.02. The quantitative estimate of drug-likeness (QED) is 0.160. The Labute approximate surface area is 335 Å². The summed E-state index contributed by atoms with van der Waals surface area (Å²) in [5, 5.41) is 0. The van der Waals surface area contributed by atoms with Crippen molar-refractivity contribution in [3.8, 4) is 44.5 Å². The molecule has 0 saturated carbocycles. The zero-order valence-corrected chi connectivity index (χ0v) is 31.6. The number of rotatable bonds is 6. The van der Waals surface area contributed by atoms with E-state index in [0.717, 1.165) is 0 Å². The molecule has 2 unspecified atom stereocenters. The van der Waals surface area contributed by atoms with Crippen molar-refractivity contribution in [1.29, 1.82) is 0 Å². The summed E-state index contributed by atoms with van der Waals surface area (Å²) in [6.45, 7) is 0. The molecule has 0 radical (unpaired) electrons. The first-order chi connectivity index (χ1) is 28.3. The average molecular weight is 725 g/mol. The largest absolute Gasteiger partial charge is 0.0622 e. The standard InChI is InChI=1S/C57H40/c1-5-20-38(21-6-1)42-32-17-33-43(39-22-7-2-8-23-39)52(42)55-48-30-15-13-28-46(48)54-47-29-14-16-31-49(47)56(51-37-19-36-50(55)57(51)54)53-44(40-24-9-3-10-25-40)34-18-35-45(53)41-26-11-4-12-27-41/h1-37,54-56H. The van der Waals surface area contributed by atoms with Crippen molar-refractivity contribution in [1.82, 2.24) is 0 Å². The molecular formula is C57H40. The van der Waals surface area contributed by atoms with Crippen molar-refractivity contribution < 1.29 is 0 Å². The van der Waals surface area contributed by atoms with E-state index < -0.39 is 0 Å². The van der Waals surface area contributed by atoms with Crippen molar-refractivity contribution in [3.05, 3.63) is 275 Å². The highest BCUT2D eigenvalue weighted by Gasteiger charge is 2.43. The third kappa shape index (κ3) is 5.44. The van der Waals surface area contributed by atoms with Gasteiger partial charge in [0.1, 0.15) is 0 Å². The van der Waals surface area contributed by atoms with E-state index in [2.05, 4.69) is 224 Å². The Kier molecular flexibility index (Phi) is 8.14. The summed E-state index contributed by atoms with van der Waals surface area (Å²) in [6, 6.07) is 83.6. The summed E-state index contributed by atoms with van der Waals surface area (Å²) in [5.41, 5.74) is 22.6. The van der Waals surface area contributed by atoms with Crippen LogP contribution in [0.3, 0.4) is 0 Å². The molecule has 2 atom stereocenters. The van der Waals surface area contributed by atoms with E-state index in [-0.39, 0.29) is 17.8 Å². The first kappa shape index (κ1) is 33.3. The molecule has 11 rings (SSSR count). The van der Waals surface area contributed by atoms with Crippen molar-refractivity contribution in [3.63, 3.8) is 0 Å². The molecule has 0 saturated heterocycles. The second-order valence-corrected chi connectivity index (χ2v) is 15.4. The van der Waals surface area contributed by atoms with Crippen LogP contribution in [0.2, 0.25) is 0 Å². The molecule has 0 aliphatic heterocycles. The SMILES string of the molecule is c1ccc(-c2cccc(-c3ccccc3)c2C2c3ccccc3C3c4ccccc4C(c4c(-c5ccccc5)cccc4-c4ccccc4)c4cccc2c43)cc1. The maximum absolute atomic E-state index is 2.44. The number of hydrogen-bond donors (Lipinski definition) is 0. The second-order valence-electron chi connectivity index (χ2n) is 15.4. The molecule has 0 bridgehead atoms. The van der Waals surface area contributed by atoms with Gasteiger partial charge in [0, 0.05) is 17.8 Å². The lowest BCUT2D eigenvalue weighted by molar-refractivity contribution is 0.756. The molecule has 0 heterocycles. The molecule has 0 N–H and O–H groups in total. The minimum atomic E-state index is 0.0166. The first-order valence-corrected chi connectivity index (χ1v) is 20.1. The van der Waals surface area contributed by atoms with Gasteiger partial charge in [-0.25, -0.2) is 0 Å². The van der Waals surface area contributed by atoms with Crippen molar-refractivity contribution in [2.75, 3.05) is 0 Å². The molecule has 0 nitrogen and oxygen atoms in total. The predicted octanol–water partition coefficient (Wildman–Crippen LogP) is 14.5. The lowest BCUT2D eigenvalue weighted by atomic mass is 9.59. The summed E-state index contributed by atoms with van der Waals surface area (Å²) in [7, 11) is 0. The maximum Gasteiger partial charge on any atom is 0.0358 e. The fourth-order valence-corrected chi connectivity index (χ4v) is 10.2. The van der Waals surface area contributed by atoms with E-state index in [9.17, 15) is 0 Å². The molecule has 0 aromatic heterocycles. The Bertz CT molecular complexity index is 2580. The highest BCUT2D eigenvalue weighted by molar-refractivity contribution is 5.86. The zero-order valence-electron chi connectivity index (χ0n) is 31.6. The van der Waals surface area contributed by atoms with Crippen LogP contribution in [-0.2, 0) is 0 Å². The van der Waals surface area contributed by atoms with Gasteiger partial charge in [0.15, 0.2) is 0 Å². The van der Waals surface area contributed by atoms with E-state index in [1.54, 1.807) is 0 Å². The van der Waals surface area contributed by atoms with Gasteiger partial charge in [-0.1, -0.05) is 224 Å². The van der Waals surface area contributed by atoms with E-state index in [4.69, 9.17) is 0 Å². The third-order valence-corrected chi connectivity index (χ3v) is 12.4. The van der Waals surface area contributed by atoms with E-state index in [0.29, 0.717) is 0 Å². The van der Waals surface area contributed by atoms with Crippen LogP contribution in [-0.4, -0.2) is 0 Å². The van der Waals surface area contributed by atoms with Gasteiger partial charge < -0.3 is 0 Å². The van der Waals surface area contributed by atoms with Crippen molar-refractivity contribution in [2.24, 2.45) is 0 Å². The molecule has 57 heavy (non-hydrogen) atoms. The average Bonchev–Trinajstić information content (AvgIpc) is 3.30. The Balaban J connectivity index is 1.25. The summed E-state index contributed by atoms with van der Waals surface area (Å²) in [4.78, 5) is 0. The minimum Gasteiger partial charge on any atom is -0.0622 e. The molecule has 0 heteroatoms. The molecule has 9 aromatic rings. The summed E-state index contributed by atoms with van der Waals surface area (Å²) in [5.74, 6) is 0.148. The Morgan fingerprint density at radius 2 is 0.404 bits per heavy atom. The van der Waals surface area contributed by atoms with Crippen LogP contribution in [0.5, 0.6) is 0 Å². The van der Waals surface area contributed by atoms with Gasteiger partial charge in [-0.15, -0.1) is 0 Å². The van der Waals surface area contributed by atoms with Gasteiger partial charge in [0.05, 0.1) is 0 Å². The van der Waals surface area contributed by atoms with Crippen LogP contribution in [0.4, 0.5) is 0 Å². The van der Waals surface area contributed by atoms with Gasteiger partial charge in [-0.2, -0.15) is 0 Å². The highest BCUT2D eigenvalue weighted by Crippen LogP contribution is 2.59. The lowest BCUT2D eigenvalue weighted by Crippen LogP contribution is -2.28. The number of benzene rings is 9. The first-order valence-electron chi connectivity index (χ1n) is 20.1. The molecule has 9 aromatic carbocycles. The van der Waals surface area contributed by atoms with E-state index in [1.165, 1.54) is 94.6 Å². The van der Waals surface area contributed by atoms with Crippen LogP contribution >= 0.6 is 0 Å². The van der Waals surface area contributed by atoms with Gasteiger partial charge >= 0.3 is 0 Å². The van der Waals surface area contributed by atoms with E-state index >= 15 is 0 Å². The normalized spacial score (nSPS) is 16.2. The molecule has 268 valence electrons. The Morgan fingerprint density at radius 3 is 0.702 bits per heavy atom. The molecule has 0 amide bonds. The highest BCUT2D eigenvalue weighted by atomic mass is 14.5. The molecule has 0 spiro atoms. The van der Waals surface area contributed by atoms with Crippen LogP contribution < -0.4 is 0 Å². The fraction of sp³-hybridized carbons (Fsp3) is 0.0526. The summed E-state index contributed by atoms with van der Waals surface area (Å²) in [6.07, 6.45) is 0. The Morgan fingerprint density at radius 1 is 0.175 bits per heavy atom. The summed E-state index contributed by atoms with van der Waals surface area (Å²) >= 11 is 0. The fourth-order valence-electron chi connectivity index (χ4n) is 10.2. The van der Waals surface area contributed by atoms with Crippen LogP contribution in [0, 0.1) is 0 Å². The van der Waals surface area contributed by atoms with Crippen molar-refractivity contribution in [2.45, 2.75) is 17.8 Å². The smallest absolute Gasteiger partial charge is 0.0358 e. The van der Waals surface area contributed by atoms with Gasteiger partial charge in [0.25, 0.3) is 0 Å². The number of fused-ring (bicyclic) bond motifs is 4. The monoisotopic (exact) mass is 724 g/mol. The molecule has 0 fully saturated rings. The van der Waals surface area contributed by atoms with Crippen LogP contribution in [0.25, 0.3) is 44.5 Å². The van der Waals surface area contributed by atoms with Crippen LogP contribution in [0.1, 0.15) is 67.8 Å². The maximum atomic E-state index is 2.44. The zero-order chi connectivity index (χ0) is 37.7. The van der Waals surface area contributed by atoms with E-state index in [1.807, 2.05) is 0 Å². The molecular weight excluding hydrogens is 685 g/mol. The number of hydrogen-bond acceptors (Lipinski definition) is 0. The second kappa shape index (κ2) is 13.9.